The van der Waals surface area contributed by atoms with Crippen molar-refractivity contribution in [3.05, 3.63) is 30.7 Å². The molecule has 0 amide bonds. The number of aromatic nitrogens is 4. The van der Waals surface area contributed by atoms with Crippen LogP contribution in [0.4, 0.5) is 0 Å². The number of phenols is 1. The Balaban J connectivity index is 2.64. The van der Waals surface area contributed by atoms with E-state index in [0.29, 0.717) is 11.2 Å². The molecule has 2 heterocycles. The first-order valence-electron chi connectivity index (χ1n) is 4.13. The zero-order valence-corrected chi connectivity index (χ0v) is 7.12. The van der Waals surface area contributed by atoms with Crippen LogP contribution in [0.1, 0.15) is 0 Å². The van der Waals surface area contributed by atoms with Gasteiger partial charge in [0.1, 0.15) is 12.1 Å². The van der Waals surface area contributed by atoms with E-state index in [1.807, 2.05) is 6.07 Å². The fraction of sp³-hybridized carbons (Fsp3) is 0. The number of aromatic hydroxyl groups is 1. The molecule has 5 heteroatoms. The fourth-order valence-electron chi connectivity index (χ4n) is 1.47. The standard InChI is InChI=1S/C9H6N4O/c14-8-3-1-2-7-6(8)4-10-9-11-5-12-13(7)9/h1-5,14H. The number of fused-ring (bicyclic) bond motifs is 3. The zero-order chi connectivity index (χ0) is 9.54. The van der Waals surface area contributed by atoms with E-state index in [2.05, 4.69) is 15.1 Å². The van der Waals surface area contributed by atoms with Crippen LogP contribution in [0.15, 0.2) is 30.7 Å². The van der Waals surface area contributed by atoms with Gasteiger partial charge in [0.15, 0.2) is 0 Å². The summed E-state index contributed by atoms with van der Waals surface area (Å²) >= 11 is 0. The molecular formula is C9H6N4O. The Hall–Kier alpha value is -2.17. The van der Waals surface area contributed by atoms with Gasteiger partial charge in [-0.2, -0.15) is 14.6 Å². The maximum Gasteiger partial charge on any atom is 0.252 e. The van der Waals surface area contributed by atoms with Gasteiger partial charge in [-0.1, -0.05) is 6.07 Å². The maximum atomic E-state index is 9.57. The molecule has 0 saturated heterocycles. The predicted molar refractivity (Wildman–Crippen MR) is 50.0 cm³/mol. The topological polar surface area (TPSA) is 63.3 Å². The molecule has 1 N–H and O–H groups in total. The van der Waals surface area contributed by atoms with E-state index in [-0.39, 0.29) is 5.75 Å². The number of phenolic OH excluding ortho intramolecular Hbond substituents is 1. The van der Waals surface area contributed by atoms with Gasteiger partial charge in [-0.15, -0.1) is 0 Å². The van der Waals surface area contributed by atoms with E-state index in [9.17, 15) is 5.11 Å². The third-order valence-corrected chi connectivity index (χ3v) is 2.13. The minimum Gasteiger partial charge on any atom is -0.507 e. The van der Waals surface area contributed by atoms with Gasteiger partial charge in [0.25, 0.3) is 5.78 Å². The summed E-state index contributed by atoms with van der Waals surface area (Å²) in [5.41, 5.74) is 0.799. The molecule has 0 aliphatic rings. The second-order valence-electron chi connectivity index (χ2n) is 2.94. The van der Waals surface area contributed by atoms with Crippen LogP contribution < -0.4 is 0 Å². The average Bonchev–Trinajstić information content (AvgIpc) is 2.66. The summed E-state index contributed by atoms with van der Waals surface area (Å²) in [7, 11) is 0. The molecule has 0 aliphatic carbocycles. The van der Waals surface area contributed by atoms with E-state index in [1.54, 1.807) is 22.8 Å². The second kappa shape index (κ2) is 2.41. The molecule has 0 spiro atoms. The van der Waals surface area contributed by atoms with Crippen molar-refractivity contribution in [2.75, 3.05) is 0 Å². The van der Waals surface area contributed by atoms with Crippen LogP contribution >= 0.6 is 0 Å². The molecule has 0 unspecified atom stereocenters. The van der Waals surface area contributed by atoms with E-state index in [0.717, 1.165) is 5.52 Å². The Bertz CT molecular complexity index is 616. The quantitative estimate of drug-likeness (QED) is 0.568. The highest BCUT2D eigenvalue weighted by molar-refractivity contribution is 5.85. The summed E-state index contributed by atoms with van der Waals surface area (Å²) in [6.45, 7) is 0. The van der Waals surface area contributed by atoms with Crippen LogP contribution in [0.5, 0.6) is 5.75 Å². The Kier molecular flexibility index (Phi) is 1.25. The van der Waals surface area contributed by atoms with Crippen LogP contribution in [0, 0.1) is 0 Å². The van der Waals surface area contributed by atoms with E-state index >= 15 is 0 Å². The summed E-state index contributed by atoms with van der Waals surface area (Å²) in [5.74, 6) is 0.732. The van der Waals surface area contributed by atoms with Crippen molar-refractivity contribution in [2.24, 2.45) is 0 Å². The molecule has 0 atom stereocenters. The number of rotatable bonds is 0. The first-order valence-corrected chi connectivity index (χ1v) is 4.13. The Labute approximate surface area is 78.7 Å². The molecule has 0 radical (unpaired) electrons. The van der Waals surface area contributed by atoms with Gasteiger partial charge >= 0.3 is 0 Å². The lowest BCUT2D eigenvalue weighted by Gasteiger charge is -2.00. The first kappa shape index (κ1) is 7.25. The van der Waals surface area contributed by atoms with Gasteiger partial charge in [0, 0.05) is 6.20 Å². The van der Waals surface area contributed by atoms with Gasteiger partial charge in [-0.3, -0.25) is 0 Å². The van der Waals surface area contributed by atoms with Gasteiger partial charge in [-0.05, 0) is 12.1 Å². The number of benzene rings is 1. The van der Waals surface area contributed by atoms with Crippen molar-refractivity contribution < 1.29 is 5.11 Å². The number of nitrogens with zero attached hydrogens (tertiary/aromatic N) is 4. The molecule has 14 heavy (non-hydrogen) atoms. The van der Waals surface area contributed by atoms with Crippen molar-refractivity contribution in [2.45, 2.75) is 0 Å². The average molecular weight is 186 g/mol. The van der Waals surface area contributed by atoms with Crippen molar-refractivity contribution in [3.8, 4) is 5.75 Å². The van der Waals surface area contributed by atoms with Crippen molar-refractivity contribution in [1.29, 1.82) is 0 Å². The lowest BCUT2D eigenvalue weighted by Crippen LogP contribution is -1.92. The van der Waals surface area contributed by atoms with E-state index in [4.69, 9.17) is 0 Å². The van der Waals surface area contributed by atoms with Crippen LogP contribution in [0.2, 0.25) is 0 Å². The highest BCUT2D eigenvalue weighted by atomic mass is 16.3. The van der Waals surface area contributed by atoms with Crippen LogP contribution in [-0.2, 0) is 0 Å². The Morgan fingerprint density at radius 2 is 2.14 bits per heavy atom. The van der Waals surface area contributed by atoms with Gasteiger partial charge < -0.3 is 5.11 Å². The molecular weight excluding hydrogens is 180 g/mol. The van der Waals surface area contributed by atoms with Crippen molar-refractivity contribution in [1.82, 2.24) is 19.6 Å². The van der Waals surface area contributed by atoms with Crippen LogP contribution in [-0.4, -0.2) is 24.7 Å². The fourth-order valence-corrected chi connectivity index (χ4v) is 1.47. The minimum absolute atomic E-state index is 0.201. The molecule has 3 rings (SSSR count). The highest BCUT2D eigenvalue weighted by Crippen LogP contribution is 2.22. The summed E-state index contributed by atoms with van der Waals surface area (Å²) in [5, 5.41) is 14.3. The monoisotopic (exact) mass is 186 g/mol. The number of hydrogen-bond donors (Lipinski definition) is 1. The Morgan fingerprint density at radius 3 is 3.07 bits per heavy atom. The first-order chi connectivity index (χ1) is 6.86. The summed E-state index contributed by atoms with van der Waals surface area (Å²) in [6.07, 6.45) is 3.03. The SMILES string of the molecule is Oc1cccc2c1cnc1ncnn12. The predicted octanol–water partition coefficient (Wildman–Crippen LogP) is 0.983. The molecule has 5 nitrogen and oxygen atoms in total. The molecule has 0 fully saturated rings. The summed E-state index contributed by atoms with van der Waals surface area (Å²) in [4.78, 5) is 8.02. The second-order valence-corrected chi connectivity index (χ2v) is 2.94. The third-order valence-electron chi connectivity index (χ3n) is 2.13. The maximum absolute atomic E-state index is 9.57. The van der Waals surface area contributed by atoms with E-state index in [1.165, 1.54) is 6.33 Å². The molecule has 1 aromatic carbocycles. The van der Waals surface area contributed by atoms with Crippen molar-refractivity contribution in [3.63, 3.8) is 0 Å². The zero-order valence-electron chi connectivity index (χ0n) is 7.12. The number of hydrogen-bond acceptors (Lipinski definition) is 4. The molecule has 2 aromatic heterocycles. The van der Waals surface area contributed by atoms with E-state index < -0.39 is 0 Å². The normalized spacial score (nSPS) is 11.1. The summed E-state index contributed by atoms with van der Waals surface area (Å²) < 4.78 is 1.59. The lowest BCUT2D eigenvalue weighted by atomic mass is 10.2. The minimum atomic E-state index is 0.201. The van der Waals surface area contributed by atoms with Crippen LogP contribution in [0.3, 0.4) is 0 Å². The van der Waals surface area contributed by atoms with Crippen LogP contribution in [0.25, 0.3) is 16.7 Å². The van der Waals surface area contributed by atoms with Crippen molar-refractivity contribution >= 4 is 16.7 Å². The lowest BCUT2D eigenvalue weighted by molar-refractivity contribution is 0.481. The molecule has 3 aromatic rings. The van der Waals surface area contributed by atoms with Gasteiger partial charge in [0.05, 0.1) is 10.9 Å². The Morgan fingerprint density at radius 1 is 1.21 bits per heavy atom. The van der Waals surface area contributed by atoms with Gasteiger partial charge in [0.2, 0.25) is 0 Å². The summed E-state index contributed by atoms with van der Waals surface area (Å²) in [6, 6.07) is 5.24. The highest BCUT2D eigenvalue weighted by Gasteiger charge is 2.04. The molecule has 0 aliphatic heterocycles. The largest absolute Gasteiger partial charge is 0.507 e. The molecule has 0 bridgehead atoms. The third kappa shape index (κ3) is 0.806. The molecule has 68 valence electrons. The van der Waals surface area contributed by atoms with Gasteiger partial charge in [-0.25, -0.2) is 4.98 Å². The molecule has 0 saturated carbocycles. The smallest absolute Gasteiger partial charge is 0.252 e.